The predicted molar refractivity (Wildman–Crippen MR) is 127 cm³/mol. The van der Waals surface area contributed by atoms with Crippen molar-refractivity contribution in [1.29, 1.82) is 0 Å². The van der Waals surface area contributed by atoms with Gasteiger partial charge in [-0.05, 0) is 42.2 Å². The monoisotopic (exact) mass is 423 g/mol. The predicted octanol–water partition coefficient (Wildman–Crippen LogP) is 5.59. The molecule has 0 saturated heterocycles. The van der Waals surface area contributed by atoms with E-state index in [-0.39, 0.29) is 12.0 Å². The molecule has 0 radical (unpaired) electrons. The molecule has 5 heteroatoms. The maximum atomic E-state index is 13.4. The van der Waals surface area contributed by atoms with Crippen LogP contribution in [0.2, 0.25) is 0 Å². The molecule has 0 fully saturated rings. The molecule has 1 unspecified atom stereocenters. The van der Waals surface area contributed by atoms with Crippen LogP contribution < -0.4 is 5.32 Å². The van der Waals surface area contributed by atoms with E-state index in [0.717, 1.165) is 34.3 Å². The Bertz CT molecular complexity index is 1300. The second kappa shape index (κ2) is 8.35. The zero-order valence-corrected chi connectivity index (χ0v) is 18.2. The van der Waals surface area contributed by atoms with Crippen LogP contribution in [0.15, 0.2) is 84.4 Å². The van der Waals surface area contributed by atoms with Gasteiger partial charge in [0.15, 0.2) is 0 Å². The van der Waals surface area contributed by atoms with Gasteiger partial charge in [0.05, 0.1) is 35.0 Å². The summed E-state index contributed by atoms with van der Waals surface area (Å²) in [5, 5.41) is 3.45. The fourth-order valence-electron chi connectivity index (χ4n) is 4.35. The topological polar surface area (TPSA) is 56.1 Å². The lowest BCUT2D eigenvalue weighted by atomic mass is 9.91. The number of ether oxygens (including phenoxy) is 1. The van der Waals surface area contributed by atoms with E-state index in [9.17, 15) is 4.79 Å². The zero-order valence-electron chi connectivity index (χ0n) is 18.2. The van der Waals surface area contributed by atoms with E-state index in [1.54, 1.807) is 0 Å². The van der Waals surface area contributed by atoms with Gasteiger partial charge in [-0.25, -0.2) is 9.78 Å². The average Bonchev–Trinajstić information content (AvgIpc) is 3.22. The van der Waals surface area contributed by atoms with Crippen LogP contribution in [-0.4, -0.2) is 22.1 Å². The second-order valence-corrected chi connectivity index (χ2v) is 7.79. The van der Waals surface area contributed by atoms with Crippen molar-refractivity contribution in [2.45, 2.75) is 26.3 Å². The molecule has 0 amide bonds. The van der Waals surface area contributed by atoms with E-state index in [1.807, 2.05) is 61.5 Å². The third-order valence-corrected chi connectivity index (χ3v) is 5.90. The maximum absolute atomic E-state index is 13.4. The third-order valence-electron chi connectivity index (χ3n) is 5.90. The highest BCUT2D eigenvalue weighted by molar-refractivity contribution is 6.03. The van der Waals surface area contributed by atoms with Gasteiger partial charge in [0.25, 0.3) is 0 Å². The van der Waals surface area contributed by atoms with Gasteiger partial charge in [-0.2, -0.15) is 0 Å². The minimum Gasteiger partial charge on any atom is -0.463 e. The van der Waals surface area contributed by atoms with Crippen LogP contribution in [0.5, 0.6) is 0 Å². The number of imidazole rings is 1. The summed E-state index contributed by atoms with van der Waals surface area (Å²) in [7, 11) is 0. The average molecular weight is 424 g/mol. The van der Waals surface area contributed by atoms with Crippen molar-refractivity contribution in [2.75, 3.05) is 11.9 Å². The Hall–Kier alpha value is -3.86. The molecule has 2 heterocycles. The maximum Gasteiger partial charge on any atom is 0.338 e. The number of carbonyl (C=O) groups excluding carboxylic acids is 1. The summed E-state index contributed by atoms with van der Waals surface area (Å²) in [5.74, 6) is 0.384. The van der Waals surface area contributed by atoms with E-state index in [0.29, 0.717) is 18.1 Å². The summed E-state index contributed by atoms with van der Waals surface area (Å²) in [6.07, 6.45) is 0.960. The van der Waals surface area contributed by atoms with Crippen LogP contribution in [0.1, 0.15) is 36.6 Å². The number of rotatable bonds is 5. The summed E-state index contributed by atoms with van der Waals surface area (Å²) in [6.45, 7) is 4.28. The standard InChI is InChI=1S/C27H25N3O2/c1-3-18-14-16-20(17-15-18)25-23(26(31)32-4-2)24(19-10-6-5-7-11-19)29-27-28-21-12-8-9-13-22(21)30(25)27/h5-17,25H,3-4H2,1-2H3,(H,28,29). The highest BCUT2D eigenvalue weighted by atomic mass is 16.5. The van der Waals surface area contributed by atoms with Gasteiger partial charge in [-0.1, -0.05) is 73.7 Å². The van der Waals surface area contributed by atoms with E-state index in [1.165, 1.54) is 5.56 Å². The van der Waals surface area contributed by atoms with Gasteiger partial charge >= 0.3 is 5.97 Å². The molecule has 3 aromatic carbocycles. The molecule has 1 N–H and O–H groups in total. The van der Waals surface area contributed by atoms with E-state index in [2.05, 4.69) is 41.1 Å². The summed E-state index contributed by atoms with van der Waals surface area (Å²) < 4.78 is 7.67. The molecule has 4 aromatic rings. The number of para-hydroxylation sites is 2. The zero-order chi connectivity index (χ0) is 22.1. The van der Waals surface area contributed by atoms with Crippen molar-refractivity contribution in [3.05, 3.63) is 101 Å². The van der Waals surface area contributed by atoms with Crippen molar-refractivity contribution >= 4 is 28.6 Å². The van der Waals surface area contributed by atoms with Gasteiger partial charge in [0.1, 0.15) is 0 Å². The lowest BCUT2D eigenvalue weighted by molar-refractivity contribution is -0.138. The molecular weight excluding hydrogens is 398 g/mol. The van der Waals surface area contributed by atoms with Crippen LogP contribution in [0.4, 0.5) is 5.95 Å². The molecule has 0 spiro atoms. The lowest BCUT2D eigenvalue weighted by Crippen LogP contribution is -2.29. The summed E-state index contributed by atoms with van der Waals surface area (Å²) in [6, 6.07) is 26.0. The minimum absolute atomic E-state index is 0.309. The highest BCUT2D eigenvalue weighted by Crippen LogP contribution is 2.42. The van der Waals surface area contributed by atoms with Gasteiger partial charge in [-0.3, -0.25) is 4.57 Å². The summed E-state index contributed by atoms with van der Waals surface area (Å²) >= 11 is 0. The number of esters is 1. The Morgan fingerprint density at radius 2 is 1.69 bits per heavy atom. The van der Waals surface area contributed by atoms with Crippen LogP contribution in [-0.2, 0) is 16.0 Å². The van der Waals surface area contributed by atoms with E-state index in [4.69, 9.17) is 9.72 Å². The van der Waals surface area contributed by atoms with Crippen molar-refractivity contribution in [1.82, 2.24) is 9.55 Å². The third kappa shape index (κ3) is 3.36. The number of nitrogens with zero attached hydrogens (tertiary/aromatic N) is 2. The summed E-state index contributed by atoms with van der Waals surface area (Å²) in [4.78, 5) is 18.2. The van der Waals surface area contributed by atoms with Crippen molar-refractivity contribution in [3.8, 4) is 0 Å². The smallest absolute Gasteiger partial charge is 0.338 e. The molecule has 1 aliphatic rings. The molecular formula is C27H25N3O2. The van der Waals surface area contributed by atoms with Gasteiger partial charge in [0.2, 0.25) is 5.95 Å². The lowest BCUT2D eigenvalue weighted by Gasteiger charge is -2.31. The molecule has 1 atom stereocenters. The number of aryl methyl sites for hydroxylation is 1. The molecule has 5 rings (SSSR count). The minimum atomic E-state index is -0.362. The number of anilines is 1. The van der Waals surface area contributed by atoms with Crippen LogP contribution in [0, 0.1) is 0 Å². The first-order valence-electron chi connectivity index (χ1n) is 11.0. The molecule has 1 aromatic heterocycles. The van der Waals surface area contributed by atoms with Gasteiger partial charge in [-0.15, -0.1) is 0 Å². The van der Waals surface area contributed by atoms with Gasteiger partial charge < -0.3 is 10.1 Å². The van der Waals surface area contributed by atoms with Crippen LogP contribution in [0.3, 0.4) is 0 Å². The number of benzene rings is 3. The molecule has 32 heavy (non-hydrogen) atoms. The molecule has 0 bridgehead atoms. The van der Waals surface area contributed by atoms with Crippen molar-refractivity contribution < 1.29 is 9.53 Å². The second-order valence-electron chi connectivity index (χ2n) is 7.79. The Labute approximate surface area is 187 Å². The van der Waals surface area contributed by atoms with Crippen LogP contribution >= 0.6 is 0 Å². The van der Waals surface area contributed by atoms with E-state index >= 15 is 0 Å². The first-order chi connectivity index (χ1) is 15.7. The van der Waals surface area contributed by atoms with Crippen molar-refractivity contribution in [3.63, 3.8) is 0 Å². The van der Waals surface area contributed by atoms with Gasteiger partial charge in [0, 0.05) is 0 Å². The number of hydrogen-bond acceptors (Lipinski definition) is 4. The largest absolute Gasteiger partial charge is 0.463 e. The number of fused-ring (bicyclic) bond motifs is 3. The first-order valence-corrected chi connectivity index (χ1v) is 11.0. The molecule has 1 aliphatic heterocycles. The Morgan fingerprint density at radius 1 is 0.969 bits per heavy atom. The highest BCUT2D eigenvalue weighted by Gasteiger charge is 2.36. The van der Waals surface area contributed by atoms with E-state index < -0.39 is 0 Å². The molecule has 5 nitrogen and oxygen atoms in total. The number of hydrogen-bond donors (Lipinski definition) is 1. The Balaban J connectivity index is 1.81. The SMILES string of the molecule is CCOC(=O)C1=C(c2ccccc2)Nc2nc3ccccc3n2C1c1ccc(CC)cc1. The Kier molecular flexibility index (Phi) is 5.23. The fraction of sp³-hybridized carbons (Fsp3) is 0.185. The quantitative estimate of drug-likeness (QED) is 0.425. The number of aromatic nitrogens is 2. The number of nitrogens with one attached hydrogen (secondary N) is 1. The molecule has 160 valence electrons. The van der Waals surface area contributed by atoms with Crippen LogP contribution in [0.25, 0.3) is 16.7 Å². The Morgan fingerprint density at radius 3 is 2.41 bits per heavy atom. The summed E-state index contributed by atoms with van der Waals surface area (Å²) in [5.41, 5.74) is 6.35. The fourth-order valence-corrected chi connectivity index (χ4v) is 4.35. The molecule has 0 saturated carbocycles. The number of carbonyl (C=O) groups is 1. The normalized spacial score (nSPS) is 15.4. The first kappa shape index (κ1) is 20.1. The van der Waals surface area contributed by atoms with Crippen molar-refractivity contribution in [2.24, 2.45) is 0 Å². The molecule has 0 aliphatic carbocycles.